The number of hydrogen-bond donors (Lipinski definition) is 3. The number of aliphatic hydroxyl groups excluding tert-OH is 1. The Labute approximate surface area is 123 Å². The van der Waals surface area contributed by atoms with Gasteiger partial charge in [-0.2, -0.15) is 5.10 Å². The first kappa shape index (κ1) is 14.5. The second-order valence-electron chi connectivity index (χ2n) is 4.11. The molecule has 0 atom stereocenters. The van der Waals surface area contributed by atoms with E-state index in [0.717, 1.165) is 5.56 Å². The zero-order valence-electron chi connectivity index (χ0n) is 10.6. The summed E-state index contributed by atoms with van der Waals surface area (Å²) in [5.41, 5.74) is 0.938. The number of halogens is 1. The highest BCUT2D eigenvalue weighted by atomic mass is 79.9. The zero-order valence-corrected chi connectivity index (χ0v) is 12.2. The maximum absolute atomic E-state index is 11.9. The minimum absolute atomic E-state index is 0.149. The van der Waals surface area contributed by atoms with Crippen molar-refractivity contribution in [1.29, 1.82) is 0 Å². The molecule has 1 aromatic heterocycles. The predicted octanol–water partition coefficient (Wildman–Crippen LogP) is 1.32. The predicted molar refractivity (Wildman–Crippen MR) is 78.7 cm³/mol. The van der Waals surface area contributed by atoms with Crippen LogP contribution < -0.4 is 10.9 Å². The fourth-order valence-electron chi connectivity index (χ4n) is 1.69. The largest absolute Gasteiger partial charge is 0.508 e. The Hall–Kier alpha value is -1.86. The number of anilines is 1. The number of nitrogens with one attached hydrogen (secondary N) is 1. The van der Waals surface area contributed by atoms with Crippen molar-refractivity contribution in [3.63, 3.8) is 0 Å². The Morgan fingerprint density at radius 1 is 1.35 bits per heavy atom. The molecule has 7 heteroatoms. The van der Waals surface area contributed by atoms with Gasteiger partial charge in [0.15, 0.2) is 0 Å². The van der Waals surface area contributed by atoms with Crippen LogP contribution in [0.3, 0.4) is 0 Å². The lowest BCUT2D eigenvalue weighted by Crippen LogP contribution is -2.25. The summed E-state index contributed by atoms with van der Waals surface area (Å²) >= 11 is 3.21. The third-order valence-electron chi connectivity index (χ3n) is 2.76. The van der Waals surface area contributed by atoms with Gasteiger partial charge in [-0.25, -0.2) is 4.68 Å². The lowest BCUT2D eigenvalue weighted by molar-refractivity contribution is 0.266. The highest BCUT2D eigenvalue weighted by molar-refractivity contribution is 9.10. The van der Waals surface area contributed by atoms with E-state index in [0.29, 0.717) is 16.7 Å². The first-order chi connectivity index (χ1) is 9.63. The van der Waals surface area contributed by atoms with Crippen molar-refractivity contribution in [2.75, 3.05) is 11.9 Å². The van der Waals surface area contributed by atoms with Gasteiger partial charge in [0.05, 0.1) is 25.0 Å². The average molecular weight is 340 g/mol. The van der Waals surface area contributed by atoms with E-state index in [-0.39, 0.29) is 24.5 Å². The second kappa shape index (κ2) is 6.53. The summed E-state index contributed by atoms with van der Waals surface area (Å²) in [5.74, 6) is 0.192. The van der Waals surface area contributed by atoms with Crippen LogP contribution in [0.4, 0.5) is 5.69 Å². The fourth-order valence-corrected chi connectivity index (χ4v) is 2.14. The van der Waals surface area contributed by atoms with Gasteiger partial charge in [-0.3, -0.25) is 4.79 Å². The number of phenols is 1. The SMILES string of the molecule is O=c1c(Br)c(NCc2ccccc2O)cnn1CCO. The van der Waals surface area contributed by atoms with Gasteiger partial charge in [0.2, 0.25) is 0 Å². The van der Waals surface area contributed by atoms with Crippen LogP contribution in [0.5, 0.6) is 5.75 Å². The maximum atomic E-state index is 11.9. The van der Waals surface area contributed by atoms with Crippen LogP contribution in [0, 0.1) is 0 Å². The third-order valence-corrected chi connectivity index (χ3v) is 3.52. The fraction of sp³-hybridized carbons (Fsp3) is 0.231. The summed E-state index contributed by atoms with van der Waals surface area (Å²) in [7, 11) is 0. The van der Waals surface area contributed by atoms with Gasteiger partial charge in [-0.1, -0.05) is 18.2 Å². The van der Waals surface area contributed by atoms with E-state index in [1.54, 1.807) is 18.2 Å². The van der Waals surface area contributed by atoms with E-state index in [1.807, 2.05) is 6.07 Å². The zero-order chi connectivity index (χ0) is 14.5. The van der Waals surface area contributed by atoms with E-state index in [1.165, 1.54) is 10.9 Å². The number of aromatic nitrogens is 2. The summed E-state index contributed by atoms with van der Waals surface area (Å²) < 4.78 is 1.52. The molecule has 0 amide bonds. The molecule has 106 valence electrons. The molecule has 2 rings (SSSR count). The number of rotatable bonds is 5. The van der Waals surface area contributed by atoms with E-state index < -0.39 is 0 Å². The lowest BCUT2D eigenvalue weighted by atomic mass is 10.2. The molecule has 0 bridgehead atoms. The number of benzene rings is 1. The molecule has 0 fully saturated rings. The molecule has 6 nitrogen and oxygen atoms in total. The molecule has 1 heterocycles. The summed E-state index contributed by atoms with van der Waals surface area (Å²) in [4.78, 5) is 11.9. The van der Waals surface area contributed by atoms with Crippen LogP contribution in [-0.4, -0.2) is 26.6 Å². The topological polar surface area (TPSA) is 87.4 Å². The van der Waals surface area contributed by atoms with Crippen LogP contribution in [0.2, 0.25) is 0 Å². The van der Waals surface area contributed by atoms with Crippen molar-refractivity contribution >= 4 is 21.6 Å². The summed E-state index contributed by atoms with van der Waals surface area (Å²) in [6.45, 7) is 0.373. The van der Waals surface area contributed by atoms with E-state index in [4.69, 9.17) is 5.11 Å². The molecule has 0 aliphatic rings. The van der Waals surface area contributed by atoms with Gasteiger partial charge in [-0.05, 0) is 22.0 Å². The van der Waals surface area contributed by atoms with Crippen molar-refractivity contribution in [2.24, 2.45) is 0 Å². The van der Waals surface area contributed by atoms with Gasteiger partial charge >= 0.3 is 0 Å². The monoisotopic (exact) mass is 339 g/mol. The lowest BCUT2D eigenvalue weighted by Gasteiger charge is -2.10. The normalized spacial score (nSPS) is 10.5. The second-order valence-corrected chi connectivity index (χ2v) is 4.90. The minimum atomic E-state index is -0.318. The first-order valence-electron chi connectivity index (χ1n) is 6.00. The smallest absolute Gasteiger partial charge is 0.283 e. The number of aromatic hydroxyl groups is 1. The number of hydrogen-bond acceptors (Lipinski definition) is 5. The van der Waals surface area contributed by atoms with Crippen LogP contribution in [0.15, 0.2) is 39.7 Å². The molecule has 0 radical (unpaired) electrons. The summed E-state index contributed by atoms with van der Waals surface area (Å²) in [6.07, 6.45) is 1.50. The van der Waals surface area contributed by atoms with Gasteiger partial charge in [-0.15, -0.1) is 0 Å². The van der Waals surface area contributed by atoms with Gasteiger partial charge in [0.25, 0.3) is 5.56 Å². The molecule has 0 spiro atoms. The number of para-hydroxylation sites is 1. The standard InChI is InChI=1S/C13H14BrN3O3/c14-12-10(8-16-17(5-6-18)13(12)20)15-7-9-3-1-2-4-11(9)19/h1-4,8,15,18-19H,5-7H2. The molecule has 0 saturated carbocycles. The molecule has 0 saturated heterocycles. The average Bonchev–Trinajstić information content (AvgIpc) is 2.45. The molecular weight excluding hydrogens is 326 g/mol. The molecule has 1 aromatic carbocycles. The van der Waals surface area contributed by atoms with Crippen LogP contribution in [-0.2, 0) is 13.1 Å². The number of phenolic OH excluding ortho intramolecular Hbond substituents is 1. The van der Waals surface area contributed by atoms with Crippen molar-refractivity contribution in [1.82, 2.24) is 9.78 Å². The molecule has 20 heavy (non-hydrogen) atoms. The quantitative estimate of drug-likeness (QED) is 0.764. The number of aliphatic hydroxyl groups is 1. The van der Waals surface area contributed by atoms with E-state index >= 15 is 0 Å². The van der Waals surface area contributed by atoms with Crippen LogP contribution >= 0.6 is 15.9 Å². The van der Waals surface area contributed by atoms with E-state index in [9.17, 15) is 9.90 Å². The van der Waals surface area contributed by atoms with Crippen LogP contribution in [0.1, 0.15) is 5.56 Å². The Morgan fingerprint density at radius 2 is 2.10 bits per heavy atom. The summed E-state index contributed by atoms with van der Waals surface area (Å²) in [6, 6.07) is 6.95. The summed E-state index contributed by atoms with van der Waals surface area (Å²) in [5, 5.41) is 25.5. The molecule has 3 N–H and O–H groups in total. The maximum Gasteiger partial charge on any atom is 0.283 e. The van der Waals surface area contributed by atoms with Crippen molar-refractivity contribution < 1.29 is 10.2 Å². The Bertz CT molecular complexity index is 658. The first-order valence-corrected chi connectivity index (χ1v) is 6.80. The highest BCUT2D eigenvalue weighted by Gasteiger charge is 2.09. The molecular formula is C13H14BrN3O3. The molecule has 0 unspecified atom stereocenters. The Morgan fingerprint density at radius 3 is 2.80 bits per heavy atom. The molecule has 0 aliphatic heterocycles. The van der Waals surface area contributed by atoms with Gasteiger partial charge < -0.3 is 15.5 Å². The van der Waals surface area contributed by atoms with Gasteiger partial charge in [0.1, 0.15) is 10.2 Å². The Kier molecular flexibility index (Phi) is 4.75. The van der Waals surface area contributed by atoms with Gasteiger partial charge in [0, 0.05) is 12.1 Å². The molecule has 0 aliphatic carbocycles. The van der Waals surface area contributed by atoms with Crippen molar-refractivity contribution in [2.45, 2.75) is 13.1 Å². The minimum Gasteiger partial charge on any atom is -0.508 e. The molecule has 2 aromatic rings. The van der Waals surface area contributed by atoms with Crippen molar-refractivity contribution in [3.8, 4) is 5.75 Å². The van der Waals surface area contributed by atoms with Crippen molar-refractivity contribution in [3.05, 3.63) is 50.9 Å². The van der Waals surface area contributed by atoms with E-state index in [2.05, 4.69) is 26.3 Å². The number of nitrogens with zero attached hydrogens (tertiary/aromatic N) is 2. The third kappa shape index (κ3) is 3.17. The highest BCUT2D eigenvalue weighted by Crippen LogP contribution is 2.20. The Balaban J connectivity index is 2.17. The van der Waals surface area contributed by atoms with Crippen LogP contribution in [0.25, 0.3) is 0 Å².